The lowest BCUT2D eigenvalue weighted by molar-refractivity contribution is -0.113. The molecule has 1 saturated carbocycles. The maximum absolute atomic E-state index is 13.8. The highest BCUT2D eigenvalue weighted by Gasteiger charge is 2.23. The predicted molar refractivity (Wildman–Crippen MR) is 133 cm³/mol. The van der Waals surface area contributed by atoms with Crippen LogP contribution in [0, 0.1) is 12.7 Å². The summed E-state index contributed by atoms with van der Waals surface area (Å²) >= 11 is 1.36. The molecule has 0 bridgehead atoms. The van der Waals surface area contributed by atoms with Crippen molar-refractivity contribution < 1.29 is 13.9 Å². The highest BCUT2D eigenvalue weighted by molar-refractivity contribution is 7.99. The minimum absolute atomic E-state index is 0.170. The Kier molecular flexibility index (Phi) is 8.05. The van der Waals surface area contributed by atoms with Gasteiger partial charge in [0.15, 0.2) is 11.0 Å². The van der Waals surface area contributed by atoms with Gasteiger partial charge in [0.1, 0.15) is 11.6 Å². The van der Waals surface area contributed by atoms with Gasteiger partial charge in [0.2, 0.25) is 5.91 Å². The molecule has 0 atom stereocenters. The van der Waals surface area contributed by atoms with Crippen molar-refractivity contribution in [2.45, 2.75) is 56.8 Å². The molecular weight excluding hydrogens is 453 g/mol. The third-order valence-electron chi connectivity index (χ3n) is 5.98. The SMILES string of the molecule is COc1cccc(NCc2nnc(SCC(=O)Nc3ccc(C)c(F)c3)n2C2CCCCC2)c1. The molecule has 9 heteroatoms. The van der Waals surface area contributed by atoms with Gasteiger partial charge in [-0.05, 0) is 49.6 Å². The van der Waals surface area contributed by atoms with Gasteiger partial charge in [0, 0.05) is 23.5 Å². The Bertz CT molecular complexity index is 1130. The summed E-state index contributed by atoms with van der Waals surface area (Å²) in [4.78, 5) is 12.5. The van der Waals surface area contributed by atoms with Gasteiger partial charge in [0.25, 0.3) is 0 Å². The van der Waals surface area contributed by atoms with Crippen LogP contribution >= 0.6 is 11.8 Å². The van der Waals surface area contributed by atoms with E-state index >= 15 is 0 Å². The van der Waals surface area contributed by atoms with Crippen LogP contribution < -0.4 is 15.4 Å². The number of aryl methyl sites for hydroxylation is 1. The minimum atomic E-state index is -0.337. The number of methoxy groups -OCH3 is 1. The van der Waals surface area contributed by atoms with E-state index in [0.717, 1.165) is 35.3 Å². The van der Waals surface area contributed by atoms with Crippen molar-refractivity contribution in [3.63, 3.8) is 0 Å². The molecule has 0 aliphatic heterocycles. The number of nitrogens with zero attached hydrogens (tertiary/aromatic N) is 3. The Morgan fingerprint density at radius 3 is 2.74 bits per heavy atom. The zero-order chi connectivity index (χ0) is 23.9. The summed E-state index contributed by atoms with van der Waals surface area (Å²) in [5.41, 5.74) is 1.94. The first-order valence-corrected chi connectivity index (χ1v) is 12.5. The van der Waals surface area contributed by atoms with E-state index in [1.807, 2.05) is 24.3 Å². The molecule has 180 valence electrons. The molecule has 0 spiro atoms. The molecule has 1 heterocycles. The van der Waals surface area contributed by atoms with Crippen molar-refractivity contribution in [1.29, 1.82) is 0 Å². The van der Waals surface area contributed by atoms with E-state index in [2.05, 4.69) is 25.4 Å². The molecule has 2 N–H and O–H groups in total. The Morgan fingerprint density at radius 1 is 1.15 bits per heavy atom. The van der Waals surface area contributed by atoms with E-state index in [-0.39, 0.29) is 17.5 Å². The van der Waals surface area contributed by atoms with Crippen molar-refractivity contribution in [1.82, 2.24) is 14.8 Å². The lowest BCUT2D eigenvalue weighted by Crippen LogP contribution is -2.19. The second kappa shape index (κ2) is 11.4. The molecule has 4 rings (SSSR count). The van der Waals surface area contributed by atoms with Gasteiger partial charge in [0.05, 0.1) is 19.4 Å². The van der Waals surface area contributed by atoms with Crippen LogP contribution in [0.3, 0.4) is 0 Å². The van der Waals surface area contributed by atoms with Crippen LogP contribution in [0.4, 0.5) is 15.8 Å². The number of anilines is 2. The molecule has 1 aliphatic rings. The third-order valence-corrected chi connectivity index (χ3v) is 6.93. The van der Waals surface area contributed by atoms with E-state index in [1.165, 1.54) is 37.1 Å². The van der Waals surface area contributed by atoms with Crippen LogP contribution in [0.2, 0.25) is 0 Å². The summed E-state index contributed by atoms with van der Waals surface area (Å²) in [6.07, 6.45) is 5.75. The average molecular weight is 484 g/mol. The molecule has 1 aromatic heterocycles. The molecule has 1 fully saturated rings. The number of thioether (sulfide) groups is 1. The number of ether oxygens (including phenoxy) is 1. The van der Waals surface area contributed by atoms with Gasteiger partial charge in [-0.1, -0.05) is 43.2 Å². The molecule has 0 saturated heterocycles. The van der Waals surface area contributed by atoms with Crippen molar-refractivity contribution in [3.8, 4) is 5.75 Å². The summed E-state index contributed by atoms with van der Waals surface area (Å²) < 4.78 is 21.3. The van der Waals surface area contributed by atoms with E-state index in [1.54, 1.807) is 26.2 Å². The molecular formula is C25H30FN5O2S. The lowest BCUT2D eigenvalue weighted by atomic mass is 9.95. The number of benzene rings is 2. The summed E-state index contributed by atoms with van der Waals surface area (Å²) in [6.45, 7) is 2.21. The fourth-order valence-electron chi connectivity index (χ4n) is 4.14. The number of halogens is 1. The molecule has 1 amide bonds. The summed E-state index contributed by atoms with van der Waals surface area (Å²) in [5, 5.41) is 15.8. The zero-order valence-corrected chi connectivity index (χ0v) is 20.3. The lowest BCUT2D eigenvalue weighted by Gasteiger charge is -2.25. The Morgan fingerprint density at radius 2 is 1.97 bits per heavy atom. The van der Waals surface area contributed by atoms with E-state index in [9.17, 15) is 9.18 Å². The molecule has 2 aromatic carbocycles. The molecule has 7 nitrogen and oxygen atoms in total. The Balaban J connectivity index is 1.44. The molecule has 3 aromatic rings. The van der Waals surface area contributed by atoms with E-state index in [4.69, 9.17) is 4.74 Å². The van der Waals surface area contributed by atoms with Crippen LogP contribution in [-0.2, 0) is 11.3 Å². The molecule has 34 heavy (non-hydrogen) atoms. The van der Waals surface area contributed by atoms with Crippen LogP contribution in [0.5, 0.6) is 5.75 Å². The van der Waals surface area contributed by atoms with Crippen molar-refractivity contribution in [2.24, 2.45) is 0 Å². The number of hydrogen-bond acceptors (Lipinski definition) is 6. The van der Waals surface area contributed by atoms with Gasteiger partial charge in [-0.3, -0.25) is 4.79 Å². The highest BCUT2D eigenvalue weighted by Crippen LogP contribution is 2.33. The van der Waals surface area contributed by atoms with Crippen molar-refractivity contribution >= 4 is 29.0 Å². The number of carbonyl (C=O) groups excluding carboxylic acids is 1. The number of rotatable bonds is 9. The first-order valence-electron chi connectivity index (χ1n) is 11.5. The second-order valence-electron chi connectivity index (χ2n) is 8.45. The van der Waals surface area contributed by atoms with Gasteiger partial charge in [-0.15, -0.1) is 10.2 Å². The van der Waals surface area contributed by atoms with E-state index in [0.29, 0.717) is 23.8 Å². The third kappa shape index (κ3) is 6.08. The Hall–Kier alpha value is -3.07. The van der Waals surface area contributed by atoms with Crippen molar-refractivity contribution in [2.75, 3.05) is 23.5 Å². The summed E-state index contributed by atoms with van der Waals surface area (Å²) in [6, 6.07) is 12.8. The maximum atomic E-state index is 13.8. The minimum Gasteiger partial charge on any atom is -0.497 e. The standard InChI is InChI=1S/C25H30FN5O2S/c1-17-11-12-19(14-22(17)26)28-24(32)16-34-25-30-29-23(31(25)20-8-4-3-5-9-20)15-27-18-7-6-10-21(13-18)33-2/h6-7,10-14,20,27H,3-5,8-9,15-16H2,1-2H3,(H,28,32). The van der Waals surface area contributed by atoms with E-state index < -0.39 is 0 Å². The van der Waals surface area contributed by atoms with Gasteiger partial charge in [-0.2, -0.15) is 0 Å². The van der Waals surface area contributed by atoms with Gasteiger partial charge in [-0.25, -0.2) is 4.39 Å². The number of nitrogens with one attached hydrogen (secondary N) is 2. The average Bonchev–Trinajstić information content (AvgIpc) is 3.27. The molecule has 0 unspecified atom stereocenters. The van der Waals surface area contributed by atoms with Crippen LogP contribution in [-0.4, -0.2) is 33.5 Å². The number of carbonyl (C=O) groups is 1. The van der Waals surface area contributed by atoms with Crippen LogP contribution in [0.1, 0.15) is 49.5 Å². The highest BCUT2D eigenvalue weighted by atomic mass is 32.2. The molecule has 1 aliphatic carbocycles. The van der Waals surface area contributed by atoms with Crippen molar-refractivity contribution in [3.05, 3.63) is 59.7 Å². The first-order chi connectivity index (χ1) is 16.5. The second-order valence-corrected chi connectivity index (χ2v) is 9.39. The quantitative estimate of drug-likeness (QED) is 0.387. The molecule has 0 radical (unpaired) electrons. The number of aromatic nitrogens is 3. The maximum Gasteiger partial charge on any atom is 0.234 e. The summed E-state index contributed by atoms with van der Waals surface area (Å²) in [7, 11) is 1.65. The predicted octanol–water partition coefficient (Wildman–Crippen LogP) is 5.58. The normalized spacial score (nSPS) is 14.1. The van der Waals surface area contributed by atoms with Gasteiger partial charge < -0.3 is 19.9 Å². The monoisotopic (exact) mass is 483 g/mol. The largest absolute Gasteiger partial charge is 0.497 e. The first kappa shape index (κ1) is 24.1. The number of amides is 1. The van der Waals surface area contributed by atoms with Crippen LogP contribution in [0.25, 0.3) is 0 Å². The topological polar surface area (TPSA) is 81.1 Å². The summed E-state index contributed by atoms with van der Waals surface area (Å²) in [5.74, 6) is 1.26. The van der Waals surface area contributed by atoms with Gasteiger partial charge >= 0.3 is 0 Å². The smallest absolute Gasteiger partial charge is 0.234 e. The van der Waals surface area contributed by atoms with Crippen LogP contribution in [0.15, 0.2) is 47.6 Å². The number of hydrogen-bond donors (Lipinski definition) is 2. The zero-order valence-electron chi connectivity index (χ0n) is 19.5. The Labute approximate surface area is 203 Å². The fraction of sp³-hybridized carbons (Fsp3) is 0.400. The fourth-order valence-corrected chi connectivity index (χ4v) is 4.97.